The molecular formula is C17H17F3N6OS. The molecule has 1 aromatic carbocycles. The summed E-state index contributed by atoms with van der Waals surface area (Å²) in [5.41, 5.74) is 2.60. The summed E-state index contributed by atoms with van der Waals surface area (Å²) >= 11 is 0.880. The fourth-order valence-electron chi connectivity index (χ4n) is 2.44. The Morgan fingerprint density at radius 3 is 2.61 bits per heavy atom. The number of aryl methyl sites for hydroxylation is 2. The van der Waals surface area contributed by atoms with Crippen molar-refractivity contribution in [3.05, 3.63) is 47.9 Å². The second-order valence-electron chi connectivity index (χ2n) is 6.11. The van der Waals surface area contributed by atoms with Gasteiger partial charge in [-0.3, -0.25) is 9.36 Å². The first-order chi connectivity index (χ1) is 13.2. The highest BCUT2D eigenvalue weighted by Gasteiger charge is 2.29. The molecule has 148 valence electrons. The molecule has 2 aromatic heterocycles. The molecule has 11 heteroatoms. The van der Waals surface area contributed by atoms with Crippen LogP contribution in [0.3, 0.4) is 0 Å². The second kappa shape index (κ2) is 8.05. The molecule has 0 saturated carbocycles. The van der Waals surface area contributed by atoms with Crippen LogP contribution in [0.5, 0.6) is 0 Å². The van der Waals surface area contributed by atoms with Crippen LogP contribution in [0.15, 0.2) is 41.8 Å². The van der Waals surface area contributed by atoms with E-state index in [2.05, 4.69) is 20.6 Å². The largest absolute Gasteiger partial charge is 0.406 e. The molecule has 0 aliphatic carbocycles. The smallest absolute Gasteiger partial charge is 0.310 e. The van der Waals surface area contributed by atoms with Gasteiger partial charge in [0.05, 0.1) is 17.1 Å². The van der Waals surface area contributed by atoms with Crippen molar-refractivity contribution in [1.82, 2.24) is 24.5 Å². The molecule has 0 atom stereocenters. The van der Waals surface area contributed by atoms with Gasteiger partial charge in [0.2, 0.25) is 5.91 Å². The fourth-order valence-corrected chi connectivity index (χ4v) is 3.15. The van der Waals surface area contributed by atoms with Crippen molar-refractivity contribution in [2.24, 2.45) is 0 Å². The predicted molar refractivity (Wildman–Crippen MR) is 98.5 cm³/mol. The Bertz CT molecular complexity index is 964. The molecular weight excluding hydrogens is 393 g/mol. The van der Waals surface area contributed by atoms with E-state index in [1.807, 2.05) is 31.2 Å². The molecule has 28 heavy (non-hydrogen) atoms. The molecule has 1 N–H and O–H groups in total. The third-order valence-electron chi connectivity index (χ3n) is 3.64. The number of alkyl halides is 3. The number of hydrogen-bond donors (Lipinski definition) is 1. The predicted octanol–water partition coefficient (Wildman–Crippen LogP) is 3.37. The number of thioether (sulfide) groups is 1. The van der Waals surface area contributed by atoms with Gasteiger partial charge < -0.3 is 5.32 Å². The van der Waals surface area contributed by atoms with Gasteiger partial charge in [-0.2, -0.15) is 18.3 Å². The van der Waals surface area contributed by atoms with Crippen molar-refractivity contribution in [1.29, 1.82) is 0 Å². The Labute approximate surface area is 163 Å². The van der Waals surface area contributed by atoms with E-state index in [0.29, 0.717) is 11.5 Å². The third-order valence-corrected chi connectivity index (χ3v) is 4.62. The number of halogens is 3. The lowest BCUT2D eigenvalue weighted by atomic mass is 10.2. The molecule has 7 nitrogen and oxygen atoms in total. The number of carbonyl (C=O) groups excluding carboxylic acids is 1. The first-order valence-corrected chi connectivity index (χ1v) is 9.21. The molecule has 3 rings (SSSR count). The van der Waals surface area contributed by atoms with E-state index in [4.69, 9.17) is 0 Å². The van der Waals surface area contributed by atoms with Crippen molar-refractivity contribution < 1.29 is 18.0 Å². The summed E-state index contributed by atoms with van der Waals surface area (Å²) in [6.45, 7) is 2.56. The Hall–Kier alpha value is -2.82. The molecule has 1 amide bonds. The van der Waals surface area contributed by atoms with Gasteiger partial charge in [0.1, 0.15) is 18.7 Å². The van der Waals surface area contributed by atoms with Gasteiger partial charge in [-0.15, -0.1) is 10.2 Å². The Morgan fingerprint density at radius 1 is 1.21 bits per heavy atom. The average molecular weight is 410 g/mol. The highest BCUT2D eigenvalue weighted by Crippen LogP contribution is 2.23. The summed E-state index contributed by atoms with van der Waals surface area (Å²) in [7, 11) is 0. The Morgan fingerprint density at radius 2 is 1.93 bits per heavy atom. The zero-order chi connectivity index (χ0) is 20.3. The maximum absolute atomic E-state index is 12.5. The lowest BCUT2D eigenvalue weighted by Crippen LogP contribution is -2.19. The van der Waals surface area contributed by atoms with Gasteiger partial charge in [-0.05, 0) is 26.0 Å². The van der Waals surface area contributed by atoms with E-state index in [-0.39, 0.29) is 16.8 Å². The summed E-state index contributed by atoms with van der Waals surface area (Å²) in [5, 5.41) is 14.2. The number of nitrogens with one attached hydrogen (secondary N) is 1. The molecule has 2 heterocycles. The fraction of sp³-hybridized carbons (Fsp3) is 0.294. The van der Waals surface area contributed by atoms with Crippen LogP contribution < -0.4 is 5.32 Å². The van der Waals surface area contributed by atoms with Crippen LogP contribution in [0, 0.1) is 13.8 Å². The summed E-state index contributed by atoms with van der Waals surface area (Å²) in [4.78, 5) is 12.3. The molecule has 0 saturated heterocycles. The quantitative estimate of drug-likeness (QED) is 0.631. The number of benzene rings is 1. The SMILES string of the molecule is Cc1ccc(-n2nc(C)cc2NC(=O)CSc2nncn2CC(F)(F)F)cc1. The number of aromatic nitrogens is 5. The second-order valence-corrected chi connectivity index (χ2v) is 7.05. The zero-order valence-corrected chi connectivity index (χ0v) is 15.9. The normalized spacial score (nSPS) is 11.6. The van der Waals surface area contributed by atoms with E-state index >= 15 is 0 Å². The molecule has 0 aliphatic rings. The van der Waals surface area contributed by atoms with Crippen molar-refractivity contribution in [3.8, 4) is 5.69 Å². The van der Waals surface area contributed by atoms with Crippen molar-refractivity contribution in [2.75, 3.05) is 11.1 Å². The summed E-state index contributed by atoms with van der Waals surface area (Å²) in [6.07, 6.45) is -3.40. The van der Waals surface area contributed by atoms with Crippen LogP contribution in [0.1, 0.15) is 11.3 Å². The topological polar surface area (TPSA) is 77.6 Å². The number of anilines is 1. The average Bonchev–Trinajstić information content (AvgIpc) is 3.18. The Balaban J connectivity index is 1.67. The van der Waals surface area contributed by atoms with Crippen LogP contribution in [0.25, 0.3) is 5.69 Å². The van der Waals surface area contributed by atoms with Gasteiger partial charge in [0.25, 0.3) is 0 Å². The molecule has 0 bridgehead atoms. The number of hydrogen-bond acceptors (Lipinski definition) is 5. The number of nitrogens with zero attached hydrogens (tertiary/aromatic N) is 5. The first-order valence-electron chi connectivity index (χ1n) is 8.22. The monoisotopic (exact) mass is 410 g/mol. The van der Waals surface area contributed by atoms with Crippen molar-refractivity contribution in [3.63, 3.8) is 0 Å². The van der Waals surface area contributed by atoms with Crippen LogP contribution >= 0.6 is 11.8 Å². The summed E-state index contributed by atoms with van der Waals surface area (Å²) < 4.78 is 40.1. The van der Waals surface area contributed by atoms with Gasteiger partial charge in [-0.25, -0.2) is 4.68 Å². The van der Waals surface area contributed by atoms with E-state index in [1.165, 1.54) is 0 Å². The molecule has 0 aliphatic heterocycles. The number of carbonyl (C=O) groups is 1. The number of rotatable bonds is 6. The van der Waals surface area contributed by atoms with Crippen molar-refractivity contribution in [2.45, 2.75) is 31.7 Å². The minimum Gasteiger partial charge on any atom is -0.310 e. The van der Waals surface area contributed by atoms with Gasteiger partial charge >= 0.3 is 6.18 Å². The van der Waals surface area contributed by atoms with Crippen LogP contribution in [-0.4, -0.2) is 42.4 Å². The maximum atomic E-state index is 12.5. The van der Waals surface area contributed by atoms with Crippen LogP contribution in [0.2, 0.25) is 0 Å². The summed E-state index contributed by atoms with van der Waals surface area (Å²) in [6, 6.07) is 9.34. The maximum Gasteiger partial charge on any atom is 0.406 e. The van der Waals surface area contributed by atoms with Crippen molar-refractivity contribution >= 4 is 23.5 Å². The lowest BCUT2D eigenvalue weighted by Gasteiger charge is -2.10. The minimum absolute atomic E-state index is 0.0238. The van der Waals surface area contributed by atoms with Gasteiger partial charge in [0.15, 0.2) is 5.16 Å². The zero-order valence-electron chi connectivity index (χ0n) is 15.1. The lowest BCUT2D eigenvalue weighted by molar-refractivity contribution is -0.142. The highest BCUT2D eigenvalue weighted by molar-refractivity contribution is 7.99. The van der Waals surface area contributed by atoms with Gasteiger partial charge in [-0.1, -0.05) is 29.5 Å². The van der Waals surface area contributed by atoms with E-state index in [9.17, 15) is 18.0 Å². The van der Waals surface area contributed by atoms with Crippen LogP contribution in [0.4, 0.5) is 19.0 Å². The minimum atomic E-state index is -4.39. The highest BCUT2D eigenvalue weighted by atomic mass is 32.2. The molecule has 3 aromatic rings. The molecule has 0 radical (unpaired) electrons. The molecule has 0 spiro atoms. The number of amides is 1. The van der Waals surface area contributed by atoms with E-state index in [0.717, 1.165) is 33.9 Å². The third kappa shape index (κ3) is 5.12. The van der Waals surface area contributed by atoms with E-state index in [1.54, 1.807) is 17.7 Å². The Kier molecular flexibility index (Phi) is 5.73. The summed E-state index contributed by atoms with van der Waals surface area (Å²) in [5.74, 6) is -0.0298. The standard InChI is InChI=1S/C17H17F3N6OS/c1-11-3-5-13(6-4-11)26-14(7-12(2)24-26)22-15(27)8-28-16-23-21-10-25(16)9-17(18,19)20/h3-7,10H,8-9H2,1-2H3,(H,22,27). The van der Waals surface area contributed by atoms with Crippen LogP contribution in [-0.2, 0) is 11.3 Å². The first kappa shape index (κ1) is 19.9. The van der Waals surface area contributed by atoms with E-state index < -0.39 is 12.7 Å². The van der Waals surface area contributed by atoms with Gasteiger partial charge in [0, 0.05) is 6.07 Å². The molecule has 0 fully saturated rings. The molecule has 0 unspecified atom stereocenters.